The summed E-state index contributed by atoms with van der Waals surface area (Å²) < 4.78 is 1.99. The van der Waals surface area contributed by atoms with Crippen LogP contribution in [0.3, 0.4) is 0 Å². The van der Waals surface area contributed by atoms with Crippen LogP contribution in [0.25, 0.3) is 16.6 Å². The Balaban J connectivity index is 1.53. The highest BCUT2D eigenvalue weighted by atomic mass is 35.5. The van der Waals surface area contributed by atoms with Crippen molar-refractivity contribution in [2.75, 3.05) is 13.1 Å². The highest BCUT2D eigenvalue weighted by Crippen LogP contribution is 2.24. The van der Waals surface area contributed by atoms with Gasteiger partial charge in [-0.05, 0) is 57.0 Å². The molecule has 0 bridgehead atoms. The average Bonchev–Trinajstić information content (AvgIpc) is 3.04. The molecule has 1 amide bonds. The SMILES string of the molecule is Cc1n[nH]c(C)c1CCC(=O)N1CC=C(n2c(C)nc(=O)c3cc(Cl)ccc32)CC1. The number of nitrogens with one attached hydrogen (secondary N) is 1. The van der Waals surface area contributed by atoms with Crippen molar-refractivity contribution < 1.29 is 4.79 Å². The van der Waals surface area contributed by atoms with Crippen molar-refractivity contribution in [3.05, 3.63) is 62.4 Å². The van der Waals surface area contributed by atoms with Gasteiger partial charge in [-0.3, -0.25) is 14.7 Å². The highest BCUT2D eigenvalue weighted by molar-refractivity contribution is 6.31. The third-order valence-electron chi connectivity index (χ3n) is 5.71. The van der Waals surface area contributed by atoms with Crippen LogP contribution in [0.2, 0.25) is 5.02 Å². The van der Waals surface area contributed by atoms with Gasteiger partial charge in [0.2, 0.25) is 5.91 Å². The Labute approximate surface area is 179 Å². The molecule has 0 spiro atoms. The lowest BCUT2D eigenvalue weighted by Crippen LogP contribution is -2.35. The number of aryl methyl sites for hydroxylation is 3. The molecule has 1 N–H and O–H groups in total. The number of amides is 1. The molecule has 3 aromatic rings. The molecule has 0 radical (unpaired) electrons. The van der Waals surface area contributed by atoms with Gasteiger partial charge in [0.1, 0.15) is 5.82 Å². The molecular weight excluding hydrogens is 402 g/mol. The summed E-state index contributed by atoms with van der Waals surface area (Å²) in [7, 11) is 0. The molecule has 0 fully saturated rings. The number of hydrogen-bond donors (Lipinski definition) is 1. The Morgan fingerprint density at radius 3 is 2.73 bits per heavy atom. The summed E-state index contributed by atoms with van der Waals surface area (Å²) in [6.07, 6.45) is 3.89. The summed E-state index contributed by atoms with van der Waals surface area (Å²) in [5, 5.41) is 8.17. The normalized spacial score (nSPS) is 14.3. The molecule has 156 valence electrons. The lowest BCUT2D eigenvalue weighted by atomic mass is 10.1. The van der Waals surface area contributed by atoms with Gasteiger partial charge in [-0.25, -0.2) is 0 Å². The number of halogens is 1. The van der Waals surface area contributed by atoms with Gasteiger partial charge in [-0.15, -0.1) is 0 Å². The van der Waals surface area contributed by atoms with Crippen LogP contribution in [-0.2, 0) is 11.2 Å². The first-order chi connectivity index (χ1) is 14.3. The topological polar surface area (TPSA) is 83.9 Å². The van der Waals surface area contributed by atoms with Gasteiger partial charge in [0.25, 0.3) is 5.56 Å². The molecule has 0 saturated heterocycles. The first kappa shape index (κ1) is 20.3. The molecule has 0 unspecified atom stereocenters. The summed E-state index contributed by atoms with van der Waals surface area (Å²) >= 11 is 6.07. The van der Waals surface area contributed by atoms with E-state index < -0.39 is 0 Å². The number of carbonyl (C=O) groups excluding carboxylic acids is 1. The van der Waals surface area contributed by atoms with Crippen LogP contribution in [0, 0.1) is 20.8 Å². The van der Waals surface area contributed by atoms with Crippen molar-refractivity contribution >= 4 is 34.1 Å². The summed E-state index contributed by atoms with van der Waals surface area (Å²) in [6, 6.07) is 5.28. The van der Waals surface area contributed by atoms with Crippen molar-refractivity contribution in [1.82, 2.24) is 24.6 Å². The largest absolute Gasteiger partial charge is 0.339 e. The predicted octanol–water partition coefficient (Wildman–Crippen LogP) is 3.40. The second kappa shape index (κ2) is 8.07. The predicted molar refractivity (Wildman–Crippen MR) is 118 cm³/mol. The van der Waals surface area contributed by atoms with Crippen LogP contribution >= 0.6 is 11.6 Å². The van der Waals surface area contributed by atoms with Gasteiger partial charge in [0.05, 0.1) is 16.6 Å². The molecule has 1 aliphatic rings. The van der Waals surface area contributed by atoms with Crippen LogP contribution in [0.4, 0.5) is 0 Å². The van der Waals surface area contributed by atoms with E-state index in [9.17, 15) is 9.59 Å². The Morgan fingerprint density at radius 1 is 1.27 bits per heavy atom. The Bertz CT molecular complexity index is 1200. The smallest absolute Gasteiger partial charge is 0.280 e. The zero-order chi connectivity index (χ0) is 21.4. The first-order valence-corrected chi connectivity index (χ1v) is 10.4. The molecule has 1 aliphatic heterocycles. The quantitative estimate of drug-likeness (QED) is 0.694. The maximum absolute atomic E-state index is 12.7. The fraction of sp³-hybridized carbons (Fsp3) is 0.364. The molecule has 4 rings (SSSR count). The zero-order valence-electron chi connectivity index (χ0n) is 17.3. The summed E-state index contributed by atoms with van der Waals surface area (Å²) in [5.41, 5.74) is 4.64. The van der Waals surface area contributed by atoms with E-state index in [-0.39, 0.29) is 11.5 Å². The van der Waals surface area contributed by atoms with Gasteiger partial charge in [0.15, 0.2) is 0 Å². The molecular formula is C22H24ClN5O2. The minimum Gasteiger partial charge on any atom is -0.339 e. The number of hydrogen-bond acceptors (Lipinski definition) is 4. The van der Waals surface area contributed by atoms with Crippen LogP contribution in [-0.4, -0.2) is 43.6 Å². The number of benzene rings is 1. The number of aromatic amines is 1. The summed E-state index contributed by atoms with van der Waals surface area (Å²) in [5.74, 6) is 0.767. The third kappa shape index (κ3) is 3.77. The van der Waals surface area contributed by atoms with Crippen molar-refractivity contribution in [1.29, 1.82) is 0 Å². The monoisotopic (exact) mass is 425 g/mol. The van der Waals surface area contributed by atoms with Gasteiger partial charge in [-0.2, -0.15) is 10.1 Å². The van der Waals surface area contributed by atoms with Crippen LogP contribution < -0.4 is 5.56 Å². The maximum Gasteiger partial charge on any atom is 0.280 e. The van der Waals surface area contributed by atoms with Crippen molar-refractivity contribution in [3.8, 4) is 0 Å². The standard InChI is InChI=1S/C22H24ClN5O2/c1-13-18(14(2)26-25-13)5-7-21(29)27-10-8-17(9-11-27)28-15(3)24-22(30)19-12-16(23)4-6-20(19)28/h4,6,8,12H,5,7,9-11H2,1-3H3,(H,25,26). The molecule has 0 saturated carbocycles. The maximum atomic E-state index is 12.7. The molecule has 3 heterocycles. The summed E-state index contributed by atoms with van der Waals surface area (Å²) in [6.45, 7) is 6.93. The molecule has 0 atom stereocenters. The summed E-state index contributed by atoms with van der Waals surface area (Å²) in [4.78, 5) is 31.0. The fourth-order valence-corrected chi connectivity index (χ4v) is 4.26. The molecule has 2 aromatic heterocycles. The van der Waals surface area contributed by atoms with E-state index in [1.807, 2.05) is 42.4 Å². The number of fused-ring (bicyclic) bond motifs is 1. The second-order valence-corrected chi connectivity index (χ2v) is 8.10. The lowest BCUT2D eigenvalue weighted by molar-refractivity contribution is -0.130. The Kier molecular flexibility index (Phi) is 5.47. The number of H-pyrrole nitrogens is 1. The van der Waals surface area contributed by atoms with Crippen LogP contribution in [0.15, 0.2) is 29.1 Å². The lowest BCUT2D eigenvalue weighted by Gasteiger charge is -2.28. The number of carbonyl (C=O) groups is 1. The molecule has 30 heavy (non-hydrogen) atoms. The molecule has 0 aliphatic carbocycles. The van der Waals surface area contributed by atoms with Gasteiger partial charge in [-0.1, -0.05) is 11.6 Å². The van der Waals surface area contributed by atoms with Gasteiger partial charge >= 0.3 is 0 Å². The van der Waals surface area contributed by atoms with Gasteiger partial charge < -0.3 is 9.47 Å². The third-order valence-corrected chi connectivity index (χ3v) is 5.95. The van der Waals surface area contributed by atoms with E-state index in [0.29, 0.717) is 48.6 Å². The Morgan fingerprint density at radius 2 is 2.07 bits per heavy atom. The highest BCUT2D eigenvalue weighted by Gasteiger charge is 2.21. The number of aromatic nitrogens is 4. The molecule has 8 heteroatoms. The van der Waals surface area contributed by atoms with Crippen LogP contribution in [0.5, 0.6) is 0 Å². The van der Waals surface area contributed by atoms with E-state index in [2.05, 4.69) is 15.2 Å². The van der Waals surface area contributed by atoms with Crippen molar-refractivity contribution in [2.24, 2.45) is 0 Å². The van der Waals surface area contributed by atoms with E-state index >= 15 is 0 Å². The minimum absolute atomic E-state index is 0.136. The van der Waals surface area contributed by atoms with E-state index in [0.717, 1.165) is 28.2 Å². The van der Waals surface area contributed by atoms with Gasteiger partial charge in [0, 0.05) is 42.3 Å². The average molecular weight is 426 g/mol. The van der Waals surface area contributed by atoms with Crippen LogP contribution in [0.1, 0.15) is 35.6 Å². The van der Waals surface area contributed by atoms with E-state index in [1.54, 1.807) is 12.1 Å². The second-order valence-electron chi connectivity index (χ2n) is 7.66. The molecule has 7 nitrogen and oxygen atoms in total. The van der Waals surface area contributed by atoms with Crippen molar-refractivity contribution in [2.45, 2.75) is 40.0 Å². The van der Waals surface area contributed by atoms with Crippen molar-refractivity contribution in [3.63, 3.8) is 0 Å². The Hall–Kier alpha value is -2.93. The zero-order valence-corrected chi connectivity index (χ0v) is 18.1. The number of rotatable bonds is 4. The van der Waals surface area contributed by atoms with E-state index in [1.165, 1.54) is 0 Å². The fourth-order valence-electron chi connectivity index (χ4n) is 4.09. The number of nitrogens with zero attached hydrogens (tertiary/aromatic N) is 4. The van der Waals surface area contributed by atoms with E-state index in [4.69, 9.17) is 11.6 Å². The first-order valence-electron chi connectivity index (χ1n) is 10.0. The minimum atomic E-state index is -0.278. The molecule has 1 aromatic carbocycles.